The highest BCUT2D eigenvalue weighted by atomic mass is 15.2. The number of hydrogen-bond acceptors (Lipinski definition) is 3. The predicted molar refractivity (Wildman–Crippen MR) is 89.5 cm³/mol. The fourth-order valence-corrected chi connectivity index (χ4v) is 3.34. The molecule has 1 aromatic rings. The molecule has 0 aliphatic carbocycles. The van der Waals surface area contributed by atoms with E-state index >= 15 is 0 Å². The van der Waals surface area contributed by atoms with Crippen LogP contribution in [-0.2, 0) is 6.42 Å². The normalized spacial score (nSPS) is 18.6. The topological polar surface area (TPSA) is 28.2 Å². The number of likely N-dealkylation sites (tertiary alicyclic amines) is 1. The van der Waals surface area contributed by atoms with Crippen molar-refractivity contribution in [2.45, 2.75) is 64.5 Å². The Balaban J connectivity index is 2.09. The first kappa shape index (κ1) is 16.4. The maximum absolute atomic E-state index is 4.27. The van der Waals surface area contributed by atoms with E-state index in [1.54, 1.807) is 0 Å². The van der Waals surface area contributed by atoms with Crippen molar-refractivity contribution >= 4 is 0 Å². The lowest BCUT2D eigenvalue weighted by Crippen LogP contribution is -2.59. The second-order valence-corrected chi connectivity index (χ2v) is 6.77. The number of hydrogen-bond donors (Lipinski definition) is 1. The van der Waals surface area contributed by atoms with Crippen LogP contribution in [0.4, 0.5) is 0 Å². The molecule has 0 bridgehead atoms. The number of nitrogens with one attached hydrogen (secondary N) is 1. The third-order valence-electron chi connectivity index (χ3n) is 4.83. The van der Waals surface area contributed by atoms with E-state index in [1.807, 2.05) is 18.5 Å². The highest BCUT2D eigenvalue weighted by Crippen LogP contribution is 2.26. The number of aromatic nitrogens is 1. The molecule has 1 atom stereocenters. The van der Waals surface area contributed by atoms with Gasteiger partial charge >= 0.3 is 0 Å². The molecule has 1 saturated heterocycles. The molecule has 1 aliphatic heterocycles. The Morgan fingerprint density at radius 2 is 2.05 bits per heavy atom. The Labute approximate surface area is 130 Å². The van der Waals surface area contributed by atoms with Crippen molar-refractivity contribution in [2.24, 2.45) is 0 Å². The monoisotopic (exact) mass is 289 g/mol. The molecule has 0 amide bonds. The van der Waals surface area contributed by atoms with Crippen LogP contribution in [0.15, 0.2) is 24.5 Å². The first-order valence-electron chi connectivity index (χ1n) is 8.52. The summed E-state index contributed by atoms with van der Waals surface area (Å²) in [6, 6.07) is 4.71. The molecule has 0 saturated carbocycles. The van der Waals surface area contributed by atoms with Gasteiger partial charge in [-0.25, -0.2) is 0 Å². The summed E-state index contributed by atoms with van der Waals surface area (Å²) in [5.41, 5.74) is 1.52. The fraction of sp³-hybridized carbons (Fsp3) is 0.722. The molecule has 1 fully saturated rings. The Kier molecular flexibility index (Phi) is 6.19. The van der Waals surface area contributed by atoms with Crippen molar-refractivity contribution in [3.05, 3.63) is 30.1 Å². The summed E-state index contributed by atoms with van der Waals surface area (Å²) in [7, 11) is 0. The van der Waals surface area contributed by atoms with E-state index in [1.165, 1.54) is 44.3 Å². The summed E-state index contributed by atoms with van der Waals surface area (Å²) in [6.07, 6.45) is 10.2. The molecule has 1 aromatic heterocycles. The lowest BCUT2D eigenvalue weighted by molar-refractivity contribution is 0.0611. The van der Waals surface area contributed by atoms with Crippen LogP contribution in [0.5, 0.6) is 0 Å². The van der Waals surface area contributed by atoms with Crippen LogP contribution in [0.3, 0.4) is 0 Å². The highest BCUT2D eigenvalue weighted by Gasteiger charge is 2.35. The van der Waals surface area contributed by atoms with Crippen molar-refractivity contribution in [2.75, 3.05) is 19.6 Å². The van der Waals surface area contributed by atoms with Crippen molar-refractivity contribution < 1.29 is 0 Å². The smallest absolute Gasteiger partial charge is 0.0309 e. The van der Waals surface area contributed by atoms with Crippen LogP contribution >= 0.6 is 0 Å². The predicted octanol–water partition coefficient (Wildman–Crippen LogP) is 3.26. The molecule has 3 nitrogen and oxygen atoms in total. The first-order valence-corrected chi connectivity index (χ1v) is 8.52. The first-order chi connectivity index (χ1) is 10.1. The van der Waals surface area contributed by atoms with Gasteiger partial charge in [-0.15, -0.1) is 0 Å². The van der Waals surface area contributed by atoms with E-state index in [4.69, 9.17) is 0 Å². The maximum Gasteiger partial charge on any atom is 0.0309 e. The minimum Gasteiger partial charge on any atom is -0.312 e. The van der Waals surface area contributed by atoms with E-state index in [2.05, 4.69) is 42.0 Å². The Bertz CT molecular complexity index is 396. The molecule has 2 rings (SSSR count). The minimum absolute atomic E-state index is 0.186. The van der Waals surface area contributed by atoms with Gasteiger partial charge in [-0.1, -0.05) is 19.4 Å². The highest BCUT2D eigenvalue weighted by molar-refractivity contribution is 5.13. The van der Waals surface area contributed by atoms with Crippen LogP contribution in [0.1, 0.15) is 52.0 Å². The zero-order valence-corrected chi connectivity index (χ0v) is 13.9. The fourth-order valence-electron chi connectivity index (χ4n) is 3.34. The number of pyridine rings is 1. The lowest BCUT2D eigenvalue weighted by atomic mass is 9.86. The number of nitrogens with zero attached hydrogens (tertiary/aromatic N) is 2. The van der Waals surface area contributed by atoms with E-state index in [0.29, 0.717) is 6.04 Å². The van der Waals surface area contributed by atoms with E-state index in [0.717, 1.165) is 13.0 Å². The zero-order chi connectivity index (χ0) is 15.1. The SMILES string of the molecule is CCCNC(Cc1cccnc1)C(C)(C)N1CCCCC1. The van der Waals surface area contributed by atoms with Crippen molar-refractivity contribution in [1.29, 1.82) is 0 Å². The standard InChI is InChI=1S/C18H31N3/c1-4-10-20-17(14-16-9-8-11-19-15-16)18(2,3)21-12-6-5-7-13-21/h8-9,11,15,17,20H,4-7,10,12-14H2,1-3H3. The average molecular weight is 289 g/mol. The van der Waals surface area contributed by atoms with Gasteiger partial charge in [0.05, 0.1) is 0 Å². The molecule has 0 spiro atoms. The summed E-state index contributed by atoms with van der Waals surface area (Å²) < 4.78 is 0. The molecule has 0 aromatic carbocycles. The molecule has 118 valence electrons. The largest absolute Gasteiger partial charge is 0.312 e. The van der Waals surface area contributed by atoms with E-state index in [9.17, 15) is 0 Å². The van der Waals surface area contributed by atoms with Crippen molar-refractivity contribution in [3.8, 4) is 0 Å². The Morgan fingerprint density at radius 1 is 1.29 bits per heavy atom. The van der Waals surface area contributed by atoms with Gasteiger partial charge in [-0.3, -0.25) is 9.88 Å². The second kappa shape index (κ2) is 7.90. The molecular formula is C18H31N3. The van der Waals surface area contributed by atoms with Crippen LogP contribution in [0, 0.1) is 0 Å². The molecule has 3 heteroatoms. The van der Waals surface area contributed by atoms with Gasteiger partial charge in [0, 0.05) is 24.0 Å². The molecular weight excluding hydrogens is 258 g/mol. The van der Waals surface area contributed by atoms with Gasteiger partial charge in [-0.2, -0.15) is 0 Å². The molecule has 1 aliphatic rings. The van der Waals surface area contributed by atoms with Crippen LogP contribution < -0.4 is 5.32 Å². The van der Waals surface area contributed by atoms with E-state index in [-0.39, 0.29) is 5.54 Å². The van der Waals surface area contributed by atoms with Crippen molar-refractivity contribution in [3.63, 3.8) is 0 Å². The summed E-state index contributed by atoms with van der Waals surface area (Å²) in [5, 5.41) is 3.79. The van der Waals surface area contributed by atoms with Crippen molar-refractivity contribution in [1.82, 2.24) is 15.2 Å². The summed E-state index contributed by atoms with van der Waals surface area (Å²) in [6.45, 7) is 10.6. The number of rotatable bonds is 7. The van der Waals surface area contributed by atoms with Gasteiger partial charge < -0.3 is 5.32 Å². The van der Waals surface area contributed by atoms with Gasteiger partial charge in [0.1, 0.15) is 0 Å². The van der Waals surface area contributed by atoms with Gasteiger partial charge in [0.2, 0.25) is 0 Å². The Hall–Kier alpha value is -0.930. The van der Waals surface area contributed by atoms with Gasteiger partial charge in [0.15, 0.2) is 0 Å². The summed E-state index contributed by atoms with van der Waals surface area (Å²) in [5.74, 6) is 0. The third kappa shape index (κ3) is 4.52. The average Bonchev–Trinajstić information content (AvgIpc) is 2.53. The molecule has 1 unspecified atom stereocenters. The number of piperidine rings is 1. The van der Waals surface area contributed by atoms with Gasteiger partial charge in [0.25, 0.3) is 0 Å². The molecule has 0 radical (unpaired) electrons. The molecule has 1 N–H and O–H groups in total. The Morgan fingerprint density at radius 3 is 2.67 bits per heavy atom. The summed E-state index contributed by atoms with van der Waals surface area (Å²) in [4.78, 5) is 6.95. The maximum atomic E-state index is 4.27. The minimum atomic E-state index is 0.186. The van der Waals surface area contributed by atoms with Crippen LogP contribution in [0.2, 0.25) is 0 Å². The van der Waals surface area contributed by atoms with E-state index < -0.39 is 0 Å². The zero-order valence-electron chi connectivity index (χ0n) is 13.9. The summed E-state index contributed by atoms with van der Waals surface area (Å²) >= 11 is 0. The third-order valence-corrected chi connectivity index (χ3v) is 4.83. The molecule has 2 heterocycles. The van der Waals surface area contributed by atoms with Gasteiger partial charge in [-0.05, 0) is 70.8 Å². The quantitative estimate of drug-likeness (QED) is 0.835. The van der Waals surface area contributed by atoms with Crippen LogP contribution in [0.25, 0.3) is 0 Å². The van der Waals surface area contributed by atoms with Crippen LogP contribution in [-0.4, -0.2) is 41.1 Å². The lowest BCUT2D eigenvalue weighted by Gasteiger charge is -2.46. The molecule has 21 heavy (non-hydrogen) atoms. The second-order valence-electron chi connectivity index (χ2n) is 6.77.